The van der Waals surface area contributed by atoms with Crippen LogP contribution in [0.15, 0.2) is 29.8 Å². The molecule has 1 atom stereocenters. The van der Waals surface area contributed by atoms with Crippen molar-refractivity contribution >= 4 is 24.0 Å². The van der Waals surface area contributed by atoms with Crippen molar-refractivity contribution in [2.75, 3.05) is 19.8 Å². The SMILES string of the molecule is CCOC(=O)c1ccc(/C=C2/CC(C(=O)OCC)(C(=O)OCC)CC2C)cc1. The second-order valence-electron chi connectivity index (χ2n) is 6.87. The van der Waals surface area contributed by atoms with Gasteiger partial charge in [0.2, 0.25) is 0 Å². The molecule has 0 bridgehead atoms. The van der Waals surface area contributed by atoms with Gasteiger partial charge in [-0.2, -0.15) is 0 Å². The van der Waals surface area contributed by atoms with Gasteiger partial charge in [-0.1, -0.05) is 30.7 Å². The van der Waals surface area contributed by atoms with Crippen LogP contribution in [0.3, 0.4) is 0 Å². The number of hydrogen-bond donors (Lipinski definition) is 0. The number of allylic oxidation sites excluding steroid dienone is 1. The summed E-state index contributed by atoms with van der Waals surface area (Å²) in [5, 5.41) is 0. The van der Waals surface area contributed by atoms with Crippen LogP contribution in [-0.2, 0) is 23.8 Å². The highest BCUT2D eigenvalue weighted by molar-refractivity contribution is 6.01. The van der Waals surface area contributed by atoms with E-state index in [0.29, 0.717) is 18.6 Å². The number of ether oxygens (including phenoxy) is 3. The quantitative estimate of drug-likeness (QED) is 0.402. The molecule has 2 rings (SSSR count). The molecule has 1 aromatic carbocycles. The van der Waals surface area contributed by atoms with E-state index in [1.54, 1.807) is 32.9 Å². The second kappa shape index (κ2) is 9.53. The first-order chi connectivity index (χ1) is 13.4. The number of esters is 3. The van der Waals surface area contributed by atoms with Crippen molar-refractivity contribution in [1.29, 1.82) is 0 Å². The second-order valence-corrected chi connectivity index (χ2v) is 6.87. The Morgan fingerprint density at radius 3 is 2.00 bits per heavy atom. The predicted octanol–water partition coefficient (Wildman–Crippen LogP) is 3.79. The molecule has 1 unspecified atom stereocenters. The molecule has 6 nitrogen and oxygen atoms in total. The minimum Gasteiger partial charge on any atom is -0.465 e. The van der Waals surface area contributed by atoms with Gasteiger partial charge >= 0.3 is 17.9 Å². The van der Waals surface area contributed by atoms with Gasteiger partial charge in [0, 0.05) is 0 Å². The molecule has 152 valence electrons. The third kappa shape index (κ3) is 4.61. The first-order valence-corrected chi connectivity index (χ1v) is 9.70. The summed E-state index contributed by atoms with van der Waals surface area (Å²) >= 11 is 0. The first kappa shape index (κ1) is 21.7. The lowest BCUT2D eigenvalue weighted by molar-refractivity contribution is -0.171. The van der Waals surface area contributed by atoms with E-state index < -0.39 is 17.4 Å². The maximum atomic E-state index is 12.6. The zero-order valence-electron chi connectivity index (χ0n) is 16.9. The smallest absolute Gasteiger partial charge is 0.338 e. The highest BCUT2D eigenvalue weighted by atomic mass is 16.6. The maximum absolute atomic E-state index is 12.6. The first-order valence-electron chi connectivity index (χ1n) is 9.70. The molecule has 0 N–H and O–H groups in total. The van der Waals surface area contributed by atoms with E-state index in [4.69, 9.17) is 14.2 Å². The molecule has 0 aliphatic heterocycles. The van der Waals surface area contributed by atoms with Crippen LogP contribution in [0.5, 0.6) is 0 Å². The molecule has 1 aliphatic rings. The summed E-state index contributed by atoms with van der Waals surface area (Å²) in [5.41, 5.74) is 1.06. The van der Waals surface area contributed by atoms with E-state index in [0.717, 1.165) is 11.1 Å². The standard InChI is InChI=1S/C22H28O6/c1-5-26-19(23)17-10-8-16(9-11-17)12-18-14-22(13-15(18)4,20(24)27-6-2)21(25)28-7-3/h8-12,15H,5-7,13-14H2,1-4H3/b18-12-. The van der Waals surface area contributed by atoms with Gasteiger partial charge in [0.1, 0.15) is 0 Å². The monoisotopic (exact) mass is 388 g/mol. The summed E-state index contributed by atoms with van der Waals surface area (Å²) in [4.78, 5) is 37.0. The van der Waals surface area contributed by atoms with E-state index >= 15 is 0 Å². The molecular formula is C22H28O6. The molecule has 1 aliphatic carbocycles. The number of carbonyl (C=O) groups excluding carboxylic acids is 3. The summed E-state index contributed by atoms with van der Waals surface area (Å²) in [6.07, 6.45) is 2.59. The highest BCUT2D eigenvalue weighted by Gasteiger charge is 2.54. The molecule has 1 aromatic rings. The predicted molar refractivity (Wildman–Crippen MR) is 104 cm³/mol. The highest BCUT2D eigenvalue weighted by Crippen LogP contribution is 2.47. The summed E-state index contributed by atoms with van der Waals surface area (Å²) < 4.78 is 15.4. The van der Waals surface area contributed by atoms with Crippen molar-refractivity contribution in [2.24, 2.45) is 11.3 Å². The fraction of sp³-hybridized carbons (Fsp3) is 0.500. The topological polar surface area (TPSA) is 78.9 Å². The Hall–Kier alpha value is -2.63. The zero-order valence-corrected chi connectivity index (χ0v) is 16.9. The van der Waals surface area contributed by atoms with Gasteiger partial charge in [-0.05, 0) is 57.2 Å². The molecule has 1 saturated carbocycles. The molecule has 0 amide bonds. The average molecular weight is 388 g/mol. The summed E-state index contributed by atoms with van der Waals surface area (Å²) in [7, 11) is 0. The molecule has 6 heteroatoms. The van der Waals surface area contributed by atoms with Gasteiger partial charge < -0.3 is 14.2 Å². The van der Waals surface area contributed by atoms with Crippen LogP contribution in [0.2, 0.25) is 0 Å². The van der Waals surface area contributed by atoms with Gasteiger partial charge in [0.15, 0.2) is 5.41 Å². The minimum absolute atomic E-state index is 0.0264. The van der Waals surface area contributed by atoms with Crippen LogP contribution in [0, 0.1) is 11.3 Å². The van der Waals surface area contributed by atoms with Crippen LogP contribution in [0.4, 0.5) is 0 Å². The van der Waals surface area contributed by atoms with Crippen molar-refractivity contribution in [2.45, 2.75) is 40.5 Å². The fourth-order valence-electron chi connectivity index (χ4n) is 3.52. The van der Waals surface area contributed by atoms with Gasteiger partial charge in [-0.25, -0.2) is 4.79 Å². The van der Waals surface area contributed by atoms with Crippen molar-refractivity contribution in [3.8, 4) is 0 Å². The van der Waals surface area contributed by atoms with Gasteiger partial charge in [0.25, 0.3) is 0 Å². The molecule has 0 aromatic heterocycles. The van der Waals surface area contributed by atoms with Crippen molar-refractivity contribution in [3.05, 3.63) is 41.0 Å². The third-order valence-corrected chi connectivity index (χ3v) is 4.90. The maximum Gasteiger partial charge on any atom is 0.338 e. The van der Waals surface area contributed by atoms with Crippen molar-refractivity contribution in [3.63, 3.8) is 0 Å². The van der Waals surface area contributed by atoms with Crippen LogP contribution < -0.4 is 0 Å². The Morgan fingerprint density at radius 1 is 0.964 bits per heavy atom. The molecule has 0 spiro atoms. The van der Waals surface area contributed by atoms with E-state index in [9.17, 15) is 14.4 Å². The lowest BCUT2D eigenvalue weighted by atomic mass is 9.85. The molecular weight excluding hydrogens is 360 g/mol. The van der Waals surface area contributed by atoms with Crippen molar-refractivity contribution < 1.29 is 28.6 Å². The number of carbonyl (C=O) groups is 3. The fourth-order valence-corrected chi connectivity index (χ4v) is 3.52. The lowest BCUT2D eigenvalue weighted by Crippen LogP contribution is -2.40. The van der Waals surface area contributed by atoms with Crippen LogP contribution in [0.25, 0.3) is 6.08 Å². The largest absolute Gasteiger partial charge is 0.465 e. The molecule has 0 heterocycles. The van der Waals surface area contributed by atoms with Crippen LogP contribution in [0.1, 0.15) is 56.5 Å². The zero-order chi connectivity index (χ0) is 20.7. The molecule has 1 fully saturated rings. The Balaban J connectivity index is 2.27. The van der Waals surface area contributed by atoms with Crippen molar-refractivity contribution in [1.82, 2.24) is 0 Å². The number of benzene rings is 1. The summed E-state index contributed by atoms with van der Waals surface area (Å²) in [5.74, 6) is -1.39. The van der Waals surface area contributed by atoms with E-state index in [1.807, 2.05) is 25.1 Å². The van der Waals surface area contributed by atoms with Crippen LogP contribution >= 0.6 is 0 Å². The average Bonchev–Trinajstić information content (AvgIpc) is 3.00. The minimum atomic E-state index is -1.29. The van der Waals surface area contributed by atoms with Crippen LogP contribution in [-0.4, -0.2) is 37.7 Å². The molecule has 28 heavy (non-hydrogen) atoms. The van der Waals surface area contributed by atoms with Gasteiger partial charge in [-0.3, -0.25) is 9.59 Å². The number of rotatable bonds is 7. The Morgan fingerprint density at radius 2 is 1.50 bits per heavy atom. The Bertz CT molecular complexity index is 729. The summed E-state index contributed by atoms with van der Waals surface area (Å²) in [6.45, 7) is 7.93. The Kier molecular flexibility index (Phi) is 7.38. The van der Waals surface area contributed by atoms with Gasteiger partial charge in [-0.15, -0.1) is 0 Å². The van der Waals surface area contributed by atoms with Gasteiger partial charge in [0.05, 0.1) is 25.4 Å². The van der Waals surface area contributed by atoms with E-state index in [-0.39, 0.29) is 31.5 Å². The normalized spacial score (nSPS) is 19.3. The van der Waals surface area contributed by atoms with E-state index in [1.165, 1.54) is 0 Å². The molecule has 0 radical (unpaired) electrons. The summed E-state index contributed by atoms with van der Waals surface area (Å²) in [6, 6.07) is 7.04. The number of hydrogen-bond acceptors (Lipinski definition) is 6. The van der Waals surface area contributed by atoms with E-state index in [2.05, 4.69) is 0 Å². The lowest BCUT2D eigenvalue weighted by Gasteiger charge is -2.24. The third-order valence-electron chi connectivity index (χ3n) is 4.90. The molecule has 0 saturated heterocycles. The Labute approximate surface area is 165 Å².